The van der Waals surface area contributed by atoms with Gasteiger partial charge in [0, 0.05) is 7.11 Å². The van der Waals surface area contributed by atoms with E-state index >= 15 is 0 Å². The predicted molar refractivity (Wildman–Crippen MR) is 73.1 cm³/mol. The predicted octanol–water partition coefficient (Wildman–Crippen LogP) is 1.74. The molecular formula is C15H19NO4. The van der Waals surface area contributed by atoms with Gasteiger partial charge in [0.15, 0.2) is 6.10 Å². The van der Waals surface area contributed by atoms with Crippen molar-refractivity contribution < 1.29 is 19.4 Å². The number of carbonyl (C=O) groups excluding carboxylic acids is 1. The van der Waals surface area contributed by atoms with E-state index in [1.54, 1.807) is 19.1 Å². The highest BCUT2D eigenvalue weighted by molar-refractivity contribution is 5.90. The fourth-order valence-corrected chi connectivity index (χ4v) is 2.33. The normalized spacial score (nSPS) is 18.9. The van der Waals surface area contributed by atoms with Gasteiger partial charge in [-0.3, -0.25) is 4.79 Å². The third-order valence-corrected chi connectivity index (χ3v) is 3.80. The van der Waals surface area contributed by atoms with Gasteiger partial charge >= 0.3 is 5.97 Å². The topological polar surface area (TPSA) is 75.6 Å². The van der Waals surface area contributed by atoms with E-state index in [0.717, 1.165) is 12.8 Å². The van der Waals surface area contributed by atoms with Gasteiger partial charge in [-0.15, -0.1) is 0 Å². The summed E-state index contributed by atoms with van der Waals surface area (Å²) in [7, 11) is 1.44. The molecule has 0 aromatic heterocycles. The van der Waals surface area contributed by atoms with Gasteiger partial charge in [0.1, 0.15) is 5.54 Å². The van der Waals surface area contributed by atoms with Crippen LogP contribution in [0.15, 0.2) is 30.3 Å². The molecule has 2 unspecified atom stereocenters. The first-order valence-electron chi connectivity index (χ1n) is 6.62. The number of hydrogen-bond acceptors (Lipinski definition) is 3. The fourth-order valence-electron chi connectivity index (χ4n) is 2.33. The highest BCUT2D eigenvalue weighted by Gasteiger charge is 2.49. The van der Waals surface area contributed by atoms with Crippen LogP contribution in [0.2, 0.25) is 0 Å². The minimum Gasteiger partial charge on any atom is -0.480 e. The highest BCUT2D eigenvalue weighted by Crippen LogP contribution is 2.40. The van der Waals surface area contributed by atoms with Crippen LogP contribution in [0.1, 0.15) is 31.4 Å². The average Bonchev–Trinajstić information content (AvgIpc) is 3.25. The lowest BCUT2D eigenvalue weighted by Crippen LogP contribution is -2.55. The monoisotopic (exact) mass is 277 g/mol. The summed E-state index contributed by atoms with van der Waals surface area (Å²) in [5.74, 6) is -1.43. The Bertz CT molecular complexity index is 498. The maximum absolute atomic E-state index is 12.3. The van der Waals surface area contributed by atoms with E-state index in [9.17, 15) is 14.7 Å². The molecule has 1 aromatic carbocycles. The average molecular weight is 277 g/mol. The lowest BCUT2D eigenvalue weighted by Gasteiger charge is -2.28. The Morgan fingerprint density at radius 1 is 1.35 bits per heavy atom. The molecule has 0 aliphatic heterocycles. The largest absolute Gasteiger partial charge is 0.480 e. The number of aliphatic carboxylic acids is 1. The maximum Gasteiger partial charge on any atom is 0.329 e. The molecule has 2 rings (SSSR count). The molecule has 0 radical (unpaired) electrons. The number of carbonyl (C=O) groups is 2. The molecule has 0 bridgehead atoms. The molecule has 108 valence electrons. The molecule has 2 atom stereocenters. The quantitative estimate of drug-likeness (QED) is 0.830. The molecule has 1 aromatic rings. The van der Waals surface area contributed by atoms with Crippen molar-refractivity contribution in [3.8, 4) is 0 Å². The smallest absolute Gasteiger partial charge is 0.329 e. The Labute approximate surface area is 117 Å². The molecule has 1 fully saturated rings. The number of carboxylic acid groups (broad SMARTS) is 1. The molecule has 1 saturated carbocycles. The maximum atomic E-state index is 12.3. The standard InChI is InChI=1S/C15H19NO4/c1-15(14(18)19,11-8-9-11)16-13(17)12(20-2)10-6-4-3-5-7-10/h3-7,11-12H,8-9H2,1-2H3,(H,16,17)(H,18,19). The van der Waals surface area contributed by atoms with Crippen LogP contribution in [0, 0.1) is 5.92 Å². The second-order valence-corrected chi connectivity index (χ2v) is 5.30. The number of nitrogens with one attached hydrogen (secondary N) is 1. The first kappa shape index (κ1) is 14.5. The van der Waals surface area contributed by atoms with Crippen LogP contribution in [0.25, 0.3) is 0 Å². The number of hydrogen-bond donors (Lipinski definition) is 2. The number of carboxylic acids is 1. The Morgan fingerprint density at radius 3 is 2.40 bits per heavy atom. The number of ether oxygens (including phenoxy) is 1. The van der Waals surface area contributed by atoms with Crippen LogP contribution in [0.4, 0.5) is 0 Å². The van der Waals surface area contributed by atoms with Crippen LogP contribution in [0.3, 0.4) is 0 Å². The molecule has 0 spiro atoms. The van der Waals surface area contributed by atoms with E-state index in [0.29, 0.717) is 5.56 Å². The minimum absolute atomic E-state index is 0.00257. The number of rotatable bonds is 6. The third kappa shape index (κ3) is 2.82. The molecule has 5 nitrogen and oxygen atoms in total. The first-order chi connectivity index (χ1) is 9.49. The van der Waals surface area contributed by atoms with E-state index in [4.69, 9.17) is 4.74 Å². The van der Waals surface area contributed by atoms with Gasteiger partial charge in [-0.25, -0.2) is 4.79 Å². The Hall–Kier alpha value is -1.88. The molecule has 2 N–H and O–H groups in total. The van der Waals surface area contributed by atoms with Gasteiger partial charge in [0.2, 0.25) is 0 Å². The Kier molecular flexibility index (Phi) is 4.09. The van der Waals surface area contributed by atoms with E-state index < -0.39 is 23.5 Å². The van der Waals surface area contributed by atoms with Crippen molar-refractivity contribution >= 4 is 11.9 Å². The zero-order valence-corrected chi connectivity index (χ0v) is 11.6. The second-order valence-electron chi connectivity index (χ2n) is 5.30. The van der Waals surface area contributed by atoms with Gasteiger partial charge in [-0.1, -0.05) is 30.3 Å². The molecule has 1 aliphatic rings. The molecule has 20 heavy (non-hydrogen) atoms. The van der Waals surface area contributed by atoms with Crippen molar-refractivity contribution in [2.45, 2.75) is 31.4 Å². The van der Waals surface area contributed by atoms with E-state index in [2.05, 4.69) is 5.32 Å². The summed E-state index contributed by atoms with van der Waals surface area (Å²) < 4.78 is 5.22. The third-order valence-electron chi connectivity index (χ3n) is 3.80. The zero-order valence-electron chi connectivity index (χ0n) is 11.6. The van der Waals surface area contributed by atoms with E-state index in [1.165, 1.54) is 7.11 Å². The minimum atomic E-state index is -1.22. The van der Waals surface area contributed by atoms with Crippen LogP contribution in [-0.2, 0) is 14.3 Å². The van der Waals surface area contributed by atoms with Crippen LogP contribution < -0.4 is 5.32 Å². The van der Waals surface area contributed by atoms with Crippen LogP contribution in [0.5, 0.6) is 0 Å². The summed E-state index contributed by atoms with van der Waals surface area (Å²) in [5, 5.41) is 12.0. The molecule has 1 aliphatic carbocycles. The Balaban J connectivity index is 2.15. The summed E-state index contributed by atoms with van der Waals surface area (Å²) >= 11 is 0. The van der Waals surface area contributed by atoms with Gasteiger partial charge in [-0.05, 0) is 31.2 Å². The summed E-state index contributed by atoms with van der Waals surface area (Å²) in [6, 6.07) is 9.03. The lowest BCUT2D eigenvalue weighted by molar-refractivity contribution is -0.150. The van der Waals surface area contributed by atoms with Gasteiger partial charge < -0.3 is 15.2 Å². The van der Waals surface area contributed by atoms with E-state index in [-0.39, 0.29) is 5.92 Å². The van der Waals surface area contributed by atoms with Crippen LogP contribution in [-0.4, -0.2) is 29.6 Å². The zero-order chi connectivity index (χ0) is 14.8. The SMILES string of the molecule is COC(C(=O)NC(C)(C(=O)O)C1CC1)c1ccccc1. The van der Waals surface area contributed by atoms with Crippen molar-refractivity contribution in [1.82, 2.24) is 5.32 Å². The summed E-state index contributed by atoms with van der Waals surface area (Å²) in [5.41, 5.74) is -0.515. The van der Waals surface area contributed by atoms with Gasteiger partial charge in [0.25, 0.3) is 5.91 Å². The second kappa shape index (κ2) is 5.63. The van der Waals surface area contributed by atoms with Crippen molar-refractivity contribution in [3.63, 3.8) is 0 Å². The number of benzene rings is 1. The number of methoxy groups -OCH3 is 1. The summed E-state index contributed by atoms with van der Waals surface area (Å²) in [6.45, 7) is 1.56. The Morgan fingerprint density at radius 2 is 1.95 bits per heavy atom. The lowest BCUT2D eigenvalue weighted by atomic mass is 9.95. The summed E-state index contributed by atoms with van der Waals surface area (Å²) in [6.07, 6.45) is 0.853. The van der Waals surface area contributed by atoms with Gasteiger partial charge in [0.05, 0.1) is 0 Å². The number of amides is 1. The van der Waals surface area contributed by atoms with E-state index in [1.807, 2.05) is 18.2 Å². The van der Waals surface area contributed by atoms with Crippen molar-refractivity contribution in [3.05, 3.63) is 35.9 Å². The van der Waals surface area contributed by atoms with Crippen molar-refractivity contribution in [2.24, 2.45) is 5.92 Å². The molecule has 0 heterocycles. The fraction of sp³-hybridized carbons (Fsp3) is 0.467. The molecule has 5 heteroatoms. The van der Waals surface area contributed by atoms with Crippen LogP contribution >= 0.6 is 0 Å². The van der Waals surface area contributed by atoms with Gasteiger partial charge in [-0.2, -0.15) is 0 Å². The summed E-state index contributed by atoms with van der Waals surface area (Å²) in [4.78, 5) is 23.8. The molecular weight excluding hydrogens is 258 g/mol. The molecule has 1 amide bonds. The highest BCUT2D eigenvalue weighted by atomic mass is 16.5. The van der Waals surface area contributed by atoms with Crippen molar-refractivity contribution in [1.29, 1.82) is 0 Å². The van der Waals surface area contributed by atoms with Crippen molar-refractivity contribution in [2.75, 3.05) is 7.11 Å². The molecule has 0 saturated heterocycles. The first-order valence-corrected chi connectivity index (χ1v) is 6.62.